The molecule has 0 aliphatic carbocycles. The van der Waals surface area contributed by atoms with Crippen LogP contribution in [0.4, 0.5) is 0 Å². The lowest BCUT2D eigenvalue weighted by atomic mass is 9.96. The molecule has 0 aliphatic rings. The Morgan fingerprint density at radius 2 is 1.94 bits per heavy atom. The Labute approximate surface area is 113 Å². The van der Waals surface area contributed by atoms with Gasteiger partial charge in [0.1, 0.15) is 0 Å². The highest BCUT2D eigenvalue weighted by molar-refractivity contribution is 6.42. The van der Waals surface area contributed by atoms with Crippen molar-refractivity contribution in [2.24, 2.45) is 11.7 Å². The lowest BCUT2D eigenvalue weighted by Gasteiger charge is -2.22. The zero-order chi connectivity index (χ0) is 12.8. The number of nitrogens with two attached hydrogens (primary N) is 1. The molecule has 96 valence electrons. The maximum atomic E-state index is 6.01. The van der Waals surface area contributed by atoms with Gasteiger partial charge in [0, 0.05) is 19.1 Å². The molecule has 3 N–H and O–H groups in total. The second-order valence-electron chi connectivity index (χ2n) is 4.55. The van der Waals surface area contributed by atoms with Crippen molar-refractivity contribution in [2.45, 2.75) is 26.3 Å². The Morgan fingerprint density at radius 3 is 2.47 bits per heavy atom. The highest BCUT2D eigenvalue weighted by atomic mass is 35.5. The molecule has 1 aromatic rings. The molecule has 17 heavy (non-hydrogen) atoms. The minimum atomic E-state index is 0.413. The van der Waals surface area contributed by atoms with Crippen molar-refractivity contribution in [1.82, 2.24) is 5.32 Å². The van der Waals surface area contributed by atoms with E-state index >= 15 is 0 Å². The van der Waals surface area contributed by atoms with E-state index in [1.54, 1.807) is 0 Å². The van der Waals surface area contributed by atoms with Crippen LogP contribution >= 0.6 is 23.2 Å². The van der Waals surface area contributed by atoms with Crippen LogP contribution in [-0.4, -0.2) is 19.1 Å². The normalized spacial score (nSPS) is 13.1. The van der Waals surface area contributed by atoms with Gasteiger partial charge in [-0.05, 0) is 30.0 Å². The molecule has 0 heterocycles. The van der Waals surface area contributed by atoms with Crippen molar-refractivity contribution in [3.63, 3.8) is 0 Å². The molecule has 1 unspecified atom stereocenters. The van der Waals surface area contributed by atoms with Crippen LogP contribution in [-0.2, 0) is 6.42 Å². The standard InChI is InChI=1S/C13H20Cl2N2/c1-9(2)13(17-6-5-16)8-10-3-4-11(14)12(15)7-10/h3-4,7,9,13,17H,5-6,8,16H2,1-2H3. The van der Waals surface area contributed by atoms with Gasteiger partial charge in [0.05, 0.1) is 10.0 Å². The Kier molecular flexibility index (Phi) is 6.28. The quantitative estimate of drug-likeness (QED) is 0.837. The fourth-order valence-electron chi connectivity index (χ4n) is 1.73. The number of hydrogen-bond donors (Lipinski definition) is 2. The number of rotatable bonds is 6. The SMILES string of the molecule is CC(C)C(Cc1ccc(Cl)c(Cl)c1)NCCN. The molecule has 0 bridgehead atoms. The van der Waals surface area contributed by atoms with Crippen molar-refractivity contribution in [3.8, 4) is 0 Å². The van der Waals surface area contributed by atoms with Crippen molar-refractivity contribution in [2.75, 3.05) is 13.1 Å². The van der Waals surface area contributed by atoms with Gasteiger partial charge in [-0.3, -0.25) is 0 Å². The Morgan fingerprint density at radius 1 is 1.24 bits per heavy atom. The third kappa shape index (κ3) is 4.84. The third-order valence-electron chi connectivity index (χ3n) is 2.80. The first-order chi connectivity index (χ1) is 8.04. The molecule has 1 atom stereocenters. The largest absolute Gasteiger partial charge is 0.329 e. The Hall–Kier alpha value is -0.280. The van der Waals surface area contributed by atoms with Gasteiger partial charge in [0.15, 0.2) is 0 Å². The van der Waals surface area contributed by atoms with Crippen molar-refractivity contribution >= 4 is 23.2 Å². The summed E-state index contributed by atoms with van der Waals surface area (Å²) in [6, 6.07) is 6.22. The Balaban J connectivity index is 2.68. The molecular formula is C13H20Cl2N2. The van der Waals surface area contributed by atoms with Gasteiger partial charge in [-0.25, -0.2) is 0 Å². The summed E-state index contributed by atoms with van der Waals surface area (Å²) in [7, 11) is 0. The minimum absolute atomic E-state index is 0.413. The smallest absolute Gasteiger partial charge is 0.0595 e. The monoisotopic (exact) mass is 274 g/mol. The summed E-state index contributed by atoms with van der Waals surface area (Å²) < 4.78 is 0. The highest BCUT2D eigenvalue weighted by Gasteiger charge is 2.13. The summed E-state index contributed by atoms with van der Waals surface area (Å²) in [6.45, 7) is 5.90. The van der Waals surface area contributed by atoms with Crippen LogP contribution in [0.2, 0.25) is 10.0 Å². The first kappa shape index (κ1) is 14.8. The molecule has 0 spiro atoms. The van der Waals surface area contributed by atoms with Gasteiger partial charge in [0.25, 0.3) is 0 Å². The zero-order valence-corrected chi connectivity index (χ0v) is 11.9. The molecule has 0 amide bonds. The average molecular weight is 275 g/mol. The van der Waals surface area contributed by atoms with Crippen LogP contribution in [0.1, 0.15) is 19.4 Å². The molecule has 0 saturated carbocycles. The number of benzene rings is 1. The number of nitrogens with one attached hydrogen (secondary N) is 1. The van der Waals surface area contributed by atoms with Crippen LogP contribution in [0.15, 0.2) is 18.2 Å². The van der Waals surface area contributed by atoms with E-state index in [1.165, 1.54) is 5.56 Å². The minimum Gasteiger partial charge on any atom is -0.329 e. The molecule has 2 nitrogen and oxygen atoms in total. The summed E-state index contributed by atoms with van der Waals surface area (Å²) >= 11 is 11.9. The second kappa shape index (κ2) is 7.22. The van der Waals surface area contributed by atoms with Crippen molar-refractivity contribution in [3.05, 3.63) is 33.8 Å². The van der Waals surface area contributed by atoms with Crippen LogP contribution in [0, 0.1) is 5.92 Å². The average Bonchev–Trinajstić information content (AvgIpc) is 2.28. The summed E-state index contributed by atoms with van der Waals surface area (Å²) in [5.41, 5.74) is 6.71. The first-order valence-electron chi connectivity index (χ1n) is 5.92. The van der Waals surface area contributed by atoms with Gasteiger partial charge in [-0.15, -0.1) is 0 Å². The lowest BCUT2D eigenvalue weighted by Crippen LogP contribution is -2.38. The topological polar surface area (TPSA) is 38.0 Å². The summed E-state index contributed by atoms with van der Waals surface area (Å²) in [4.78, 5) is 0. The van der Waals surface area contributed by atoms with Crippen LogP contribution in [0.5, 0.6) is 0 Å². The van der Waals surface area contributed by atoms with E-state index in [9.17, 15) is 0 Å². The van der Waals surface area contributed by atoms with Gasteiger partial charge >= 0.3 is 0 Å². The van der Waals surface area contributed by atoms with E-state index in [-0.39, 0.29) is 0 Å². The summed E-state index contributed by atoms with van der Waals surface area (Å²) in [6.07, 6.45) is 0.939. The van der Waals surface area contributed by atoms with E-state index in [2.05, 4.69) is 19.2 Å². The molecule has 1 rings (SSSR count). The van der Waals surface area contributed by atoms with E-state index in [0.717, 1.165) is 13.0 Å². The van der Waals surface area contributed by atoms with Crippen molar-refractivity contribution in [1.29, 1.82) is 0 Å². The van der Waals surface area contributed by atoms with Gasteiger partial charge < -0.3 is 11.1 Å². The predicted molar refractivity (Wildman–Crippen MR) is 75.8 cm³/mol. The van der Waals surface area contributed by atoms with Gasteiger partial charge in [-0.2, -0.15) is 0 Å². The third-order valence-corrected chi connectivity index (χ3v) is 3.53. The van der Waals surface area contributed by atoms with E-state index in [0.29, 0.717) is 28.5 Å². The fraction of sp³-hybridized carbons (Fsp3) is 0.538. The zero-order valence-electron chi connectivity index (χ0n) is 10.3. The van der Waals surface area contributed by atoms with Crippen LogP contribution < -0.4 is 11.1 Å². The van der Waals surface area contributed by atoms with Gasteiger partial charge in [-0.1, -0.05) is 43.1 Å². The van der Waals surface area contributed by atoms with Crippen molar-refractivity contribution < 1.29 is 0 Å². The van der Waals surface area contributed by atoms with E-state index in [1.807, 2.05) is 18.2 Å². The molecule has 0 radical (unpaired) electrons. The molecule has 0 aliphatic heterocycles. The molecule has 0 saturated heterocycles. The maximum absolute atomic E-state index is 6.01. The maximum Gasteiger partial charge on any atom is 0.0595 e. The highest BCUT2D eigenvalue weighted by Crippen LogP contribution is 2.23. The predicted octanol–water partition coefficient (Wildman–Crippen LogP) is 3.11. The summed E-state index contributed by atoms with van der Waals surface area (Å²) in [5.74, 6) is 0.552. The summed E-state index contributed by atoms with van der Waals surface area (Å²) in [5, 5.41) is 4.67. The number of halogens is 2. The van der Waals surface area contributed by atoms with Crippen LogP contribution in [0.3, 0.4) is 0 Å². The molecule has 0 aromatic heterocycles. The first-order valence-corrected chi connectivity index (χ1v) is 6.67. The molecule has 1 aromatic carbocycles. The second-order valence-corrected chi connectivity index (χ2v) is 5.36. The molecule has 0 fully saturated rings. The lowest BCUT2D eigenvalue weighted by molar-refractivity contribution is 0.401. The Bertz CT molecular complexity index is 353. The van der Waals surface area contributed by atoms with Crippen LogP contribution in [0.25, 0.3) is 0 Å². The molecular weight excluding hydrogens is 255 g/mol. The molecule has 4 heteroatoms. The van der Waals surface area contributed by atoms with E-state index < -0.39 is 0 Å². The fourth-order valence-corrected chi connectivity index (χ4v) is 2.05. The number of hydrogen-bond acceptors (Lipinski definition) is 2. The van der Waals surface area contributed by atoms with E-state index in [4.69, 9.17) is 28.9 Å². The van der Waals surface area contributed by atoms with Gasteiger partial charge in [0.2, 0.25) is 0 Å².